The average Bonchev–Trinajstić information content (AvgIpc) is 1.59. The van der Waals surface area contributed by atoms with E-state index in [1.807, 2.05) is 53.7 Å². The zero-order valence-electron chi connectivity index (χ0n) is 82.3. The van der Waals surface area contributed by atoms with Crippen LogP contribution in [0.25, 0.3) is 9.69 Å². The van der Waals surface area contributed by atoms with Crippen molar-refractivity contribution in [3.8, 4) is 52.4 Å². The van der Waals surface area contributed by atoms with Gasteiger partial charge in [0.15, 0.2) is 0 Å². The number of benzene rings is 5. The minimum atomic E-state index is -1.67. The second-order valence-electron chi connectivity index (χ2n) is 34.9. The van der Waals surface area contributed by atoms with Crippen LogP contribution >= 0.6 is 68.4 Å². The molecule has 786 valence electrons. The molecule has 44 heteroatoms. The maximum Gasteiger partial charge on any atom is 0.330 e. The van der Waals surface area contributed by atoms with Crippen molar-refractivity contribution in [2.24, 2.45) is 35.5 Å². The number of phenolic OH excluding ortho intramolecular Hbond substituents is 2. The molecule has 3 fully saturated rings. The molecule has 37 nitrogen and oxygen atoms in total. The van der Waals surface area contributed by atoms with Gasteiger partial charge in [-0.1, -0.05) is 145 Å². The number of aromatic hydroxyl groups is 2. The minimum absolute atomic E-state index is 0. The Labute approximate surface area is 878 Å². The number of rotatable bonds is 41. The van der Waals surface area contributed by atoms with Crippen LogP contribution in [0.4, 0.5) is 0 Å². The van der Waals surface area contributed by atoms with Gasteiger partial charge in [-0.2, -0.15) is 0 Å². The Morgan fingerprint density at radius 1 is 0.401 bits per heavy atom. The van der Waals surface area contributed by atoms with Crippen molar-refractivity contribution in [3.63, 3.8) is 0 Å². The molecule has 3 saturated carbocycles. The molecule has 5 aromatic rings. The van der Waals surface area contributed by atoms with E-state index in [0.717, 1.165) is 82.0 Å². The molecular weight excluding hydrogens is 2050 g/mol. The summed E-state index contributed by atoms with van der Waals surface area (Å²) in [4.78, 5) is 191. The van der Waals surface area contributed by atoms with Crippen LogP contribution in [0, 0.1) is 71.3 Å². The number of esters is 14. The third-order valence-corrected chi connectivity index (χ3v) is 27.6. The fraction of sp³-hybridized carbons (Fsp3) is 0.427. The maximum absolute atomic E-state index is 14.1. The molecule has 10 rings (SSSR count). The maximum atomic E-state index is 14.1. The van der Waals surface area contributed by atoms with Crippen molar-refractivity contribution in [2.75, 3.05) is 59.5 Å². The summed E-state index contributed by atoms with van der Waals surface area (Å²) in [5, 5.41) is 48.3. The van der Waals surface area contributed by atoms with Gasteiger partial charge in [-0.05, 0) is 153 Å². The van der Waals surface area contributed by atoms with Gasteiger partial charge in [0.05, 0.1) is 147 Å². The number of carbonyl (C=O) groups excluding carboxylic acids is 14. The van der Waals surface area contributed by atoms with Gasteiger partial charge in [0.1, 0.15) is 79.9 Å². The molecule has 2 heterocycles. The molecule has 0 unspecified atom stereocenters. The Morgan fingerprint density at radius 3 is 0.952 bits per heavy atom. The van der Waals surface area contributed by atoms with Gasteiger partial charge in [-0.3, -0.25) is 57.5 Å². The number of thioether (sulfide) groups is 4. The predicted molar refractivity (Wildman–Crippen MR) is 536 cm³/mol. The van der Waals surface area contributed by atoms with Crippen LogP contribution in [0.5, 0.6) is 40.2 Å². The van der Waals surface area contributed by atoms with Crippen LogP contribution in [0.3, 0.4) is 0 Å². The van der Waals surface area contributed by atoms with Crippen molar-refractivity contribution in [1.82, 2.24) is 0 Å². The van der Waals surface area contributed by atoms with Gasteiger partial charge in [0.2, 0.25) is 9.23 Å². The Morgan fingerprint density at radius 2 is 0.667 bits per heavy atom. The van der Waals surface area contributed by atoms with Gasteiger partial charge in [-0.25, -0.2) is 38.8 Å². The third-order valence-electron chi connectivity index (χ3n) is 22.4. The number of halogens is 2. The van der Waals surface area contributed by atoms with Gasteiger partial charge in [0, 0.05) is 70.0 Å². The number of carboxylic acids is 1. The topological polar surface area (TPSA) is 519 Å². The van der Waals surface area contributed by atoms with Crippen molar-refractivity contribution in [3.05, 3.63) is 193 Å². The van der Waals surface area contributed by atoms with E-state index in [2.05, 4.69) is 55.5 Å². The van der Waals surface area contributed by atoms with Crippen molar-refractivity contribution in [2.45, 2.75) is 207 Å². The fourth-order valence-corrected chi connectivity index (χ4v) is 19.5. The van der Waals surface area contributed by atoms with E-state index in [-0.39, 0.29) is 157 Å². The number of nitrogens with zero attached hydrogens (tertiary/aromatic N) is 4. The average molecular weight is 2170 g/mol. The van der Waals surface area contributed by atoms with E-state index in [4.69, 9.17) is 89.3 Å². The first-order valence-electron chi connectivity index (χ1n) is 46.2. The van der Waals surface area contributed by atoms with Gasteiger partial charge < -0.3 is 83.1 Å². The van der Waals surface area contributed by atoms with Crippen LogP contribution < -0.4 is 23.7 Å². The third kappa shape index (κ3) is 41.1. The zero-order chi connectivity index (χ0) is 108. The lowest BCUT2D eigenvalue weighted by Gasteiger charge is -2.29. The molecule has 147 heavy (non-hydrogen) atoms. The highest BCUT2D eigenvalue weighted by Gasteiger charge is 2.41. The highest BCUT2D eigenvalue weighted by atomic mass is 36.0. The van der Waals surface area contributed by atoms with E-state index in [1.165, 1.54) is 0 Å². The van der Waals surface area contributed by atoms with Gasteiger partial charge >= 0.3 is 89.5 Å². The Hall–Kier alpha value is -13.5. The molecule has 0 amide bonds. The number of phenols is 2. The van der Waals surface area contributed by atoms with E-state index in [0.29, 0.717) is 153 Å². The second kappa shape index (κ2) is 61.2. The molecular formula is C103H111Cl2N4O33S5-. The van der Waals surface area contributed by atoms with E-state index in [1.54, 1.807) is 84.9 Å². The molecule has 0 spiro atoms. The first-order chi connectivity index (χ1) is 70.0. The van der Waals surface area contributed by atoms with E-state index < -0.39 is 122 Å². The van der Waals surface area contributed by atoms with Crippen molar-refractivity contribution >= 4 is 167 Å². The van der Waals surface area contributed by atoms with Crippen LogP contribution in [0.2, 0.25) is 0 Å². The summed E-state index contributed by atoms with van der Waals surface area (Å²) in [6.45, 7) is 35.4. The SMILES string of the molecule is C=CC(=O)OCCOC(=O)CCC(=O)OCCc1ccc(OC(=O)C2CCC(C(=O)O)CC2)cc1.O=S(Cl)Cl.[2H-].[C-]#[N+]/C(C#N)=C1/Sc2c(O)cc(C(C)(C)C)c(O)c2S1.[C-]#[N+]/C(C#N)=C1\Sc2c(OC(=O)C3CCC(C(=O)Oc4ccc(CCOC(=O)CCC(=O)OCCOC(=O)C=C)cc4)CC3)cc(C(C)(C)C)c(OC(=O)C3CCC(C(=O)Oc4ccc(CCOC(=O)CCC(=O)OCCOC(=O)C=C)cc4)CC3)c2S1. The Bertz CT molecular complexity index is 5870. The summed E-state index contributed by atoms with van der Waals surface area (Å²) >= 11 is 4.47. The summed E-state index contributed by atoms with van der Waals surface area (Å²) in [5.41, 5.74) is 2.47. The standard InChI is InChI=1S/C64H68N2O20S2.C25H30O10.C14H12N2O2S2.Cl2OS.H/c1-7-50(67)79-33-35-81-54(71)27-25-52(69)77-31-29-39-9-21-45(22-10-39)83-59(73)41-13-17-43(18-14-41)61(75)85-49-37-47(64(3,4)5)56(58-57(49)87-63(88-58)48(38-65)66-6)86-62(76)44-19-15-42(16-20-44)60(74)84-46-23-11-40(12-24-46)30-32-78-53(70)26-28-55(72)82-36-34-80-51(68)8-2;1-2-21(26)33-15-16-34-23(28)12-11-22(27)32-14-13-17-3-9-20(10-4-17)35-25(31)19-7-5-18(6-8-19)24(29)30;1-14(2,3)7-5-9(17)11-12(10(7)18)20-13(19-11)8(6-15)16-4;1-4(2)3;/h7-12,21-24,37,41-44H,1-2,13-20,25-36H2,3-5H3;2-4,9-10,18-19H,1,5-8,11-16H2,(H,29,30);5,17-18H,1-3H3;;/q;;;;-1/b63-48+;;13-8-;;/i;;;;1+1. The number of aliphatic carboxylic acids is 1. The van der Waals surface area contributed by atoms with Crippen LogP contribution in [-0.2, 0) is 154 Å². The zero-order valence-corrected chi connectivity index (χ0v) is 86.9. The smallest absolute Gasteiger partial charge is 0.330 e. The lowest BCUT2D eigenvalue weighted by Crippen LogP contribution is -2.31. The number of hydrogen-bond donors (Lipinski definition) is 3. The number of fused-ring (bicyclic) bond motifs is 2. The quantitative estimate of drug-likeness (QED) is 0.00376. The van der Waals surface area contributed by atoms with E-state index >= 15 is 0 Å². The normalized spacial score (nSPS) is 16.9. The molecule has 0 radical (unpaired) electrons. The molecule has 3 N–H and O–H groups in total. The van der Waals surface area contributed by atoms with Gasteiger partial charge in [0.25, 0.3) is 11.4 Å². The first-order valence-corrected chi connectivity index (χ1v) is 52.2. The summed E-state index contributed by atoms with van der Waals surface area (Å²) in [6.07, 6.45) is 7.79. The number of carboxylic acid groups (broad SMARTS) is 1. The number of allylic oxidation sites excluding steroid dienone is 2. The molecule has 5 aromatic carbocycles. The largest absolute Gasteiger partial charge is 1.00 e. The molecule has 3 aliphatic carbocycles. The molecule has 0 saturated heterocycles. The number of nitriles is 2. The molecule has 0 aromatic heterocycles. The monoisotopic (exact) mass is 2160 g/mol. The van der Waals surface area contributed by atoms with Crippen molar-refractivity contribution < 1.29 is 159 Å². The molecule has 0 bridgehead atoms. The second-order valence-corrected chi connectivity index (χ2v) is 42.0. The van der Waals surface area contributed by atoms with Crippen LogP contribution in [0.1, 0.15) is 186 Å². The van der Waals surface area contributed by atoms with Crippen LogP contribution in [-0.4, -0.2) is 169 Å². The summed E-state index contributed by atoms with van der Waals surface area (Å²) in [5.74, 6) is -9.79. The number of carbonyl (C=O) groups is 15. The number of hydrogen-bond acceptors (Lipinski definition) is 38. The predicted octanol–water partition coefficient (Wildman–Crippen LogP) is 17.7. The fourth-order valence-electron chi connectivity index (χ4n) is 14.6. The highest BCUT2D eigenvalue weighted by molar-refractivity contribution is 8.26. The Kier molecular flexibility index (Phi) is 50.2. The Balaban J connectivity index is 0.000000449. The lowest BCUT2D eigenvalue weighted by molar-refractivity contribution is -0.152. The van der Waals surface area contributed by atoms with E-state index in [9.17, 15) is 87.4 Å². The molecule has 5 aliphatic rings. The van der Waals surface area contributed by atoms with Crippen LogP contribution in [0.15, 0.2) is 162 Å². The number of ether oxygens (including phenoxy) is 14. The van der Waals surface area contributed by atoms with Gasteiger partial charge in [-0.15, -0.1) is 0 Å². The summed E-state index contributed by atoms with van der Waals surface area (Å²) in [7, 11) is 7.36. The molecule has 0 atom stereocenters. The minimum Gasteiger partial charge on any atom is -1.00 e. The highest BCUT2D eigenvalue weighted by Crippen LogP contribution is 2.63. The first kappa shape index (κ1) is 120. The summed E-state index contributed by atoms with van der Waals surface area (Å²) in [6, 6.07) is 27.3. The lowest BCUT2D eigenvalue weighted by atomic mass is 9.82. The summed E-state index contributed by atoms with van der Waals surface area (Å²) < 4.78 is 83.5. The van der Waals surface area contributed by atoms with Crippen molar-refractivity contribution in [1.29, 1.82) is 10.5 Å². The molecule has 2 aliphatic heterocycles.